The van der Waals surface area contributed by atoms with Gasteiger partial charge >= 0.3 is 0 Å². The Morgan fingerprint density at radius 1 is 1.04 bits per heavy atom. The smallest absolute Gasteiger partial charge is 0.159 e. The maximum atomic E-state index is 11.4. The van der Waals surface area contributed by atoms with Crippen molar-refractivity contribution in [3.8, 4) is 0 Å². The van der Waals surface area contributed by atoms with Gasteiger partial charge in [0.2, 0.25) is 0 Å². The summed E-state index contributed by atoms with van der Waals surface area (Å²) in [5.74, 6) is 0.118. The molecule has 1 aliphatic rings. The molecule has 25 heavy (non-hydrogen) atoms. The molecular formula is C20H21N3OS. The number of ketones is 1. The number of anilines is 1. The second-order valence-electron chi connectivity index (χ2n) is 6.44. The van der Waals surface area contributed by atoms with Crippen LogP contribution in [0, 0.1) is 0 Å². The molecule has 0 spiro atoms. The van der Waals surface area contributed by atoms with Crippen molar-refractivity contribution < 1.29 is 4.79 Å². The summed E-state index contributed by atoms with van der Waals surface area (Å²) < 4.78 is 1.27. The van der Waals surface area contributed by atoms with Crippen molar-refractivity contribution in [3.05, 3.63) is 59.1 Å². The van der Waals surface area contributed by atoms with E-state index >= 15 is 0 Å². The van der Waals surface area contributed by atoms with Crippen LogP contribution >= 0.6 is 11.3 Å². The molecule has 2 heterocycles. The Labute approximate surface area is 151 Å². The quantitative estimate of drug-likeness (QED) is 0.670. The van der Waals surface area contributed by atoms with E-state index in [2.05, 4.69) is 40.1 Å². The number of carbonyl (C=O) groups excluding carboxylic acids is 1. The maximum absolute atomic E-state index is 11.4. The standard InChI is InChI=1S/C20H21N3OS/c1-15(24)16-6-8-17(9-7-16)23-12-10-22(11-13-23)14-20-21-18-4-2-3-5-19(18)25-20/h2-9H,10-14H2,1H3. The first-order valence-electron chi connectivity index (χ1n) is 8.62. The largest absolute Gasteiger partial charge is 0.369 e. The van der Waals surface area contributed by atoms with Crippen molar-refractivity contribution in [2.24, 2.45) is 0 Å². The third-order valence-electron chi connectivity index (χ3n) is 4.71. The van der Waals surface area contributed by atoms with Gasteiger partial charge in [0.1, 0.15) is 5.01 Å². The molecule has 4 rings (SSSR count). The highest BCUT2D eigenvalue weighted by Crippen LogP contribution is 2.24. The van der Waals surface area contributed by atoms with E-state index in [1.54, 1.807) is 18.3 Å². The summed E-state index contributed by atoms with van der Waals surface area (Å²) in [5, 5.41) is 1.19. The number of nitrogens with zero attached hydrogens (tertiary/aromatic N) is 3. The minimum absolute atomic E-state index is 0.118. The second kappa shape index (κ2) is 6.94. The van der Waals surface area contributed by atoms with Crippen LogP contribution in [0.5, 0.6) is 0 Å². The first-order chi connectivity index (χ1) is 12.2. The minimum atomic E-state index is 0.118. The fourth-order valence-electron chi connectivity index (χ4n) is 3.25. The Kier molecular flexibility index (Phi) is 4.51. The van der Waals surface area contributed by atoms with E-state index in [4.69, 9.17) is 4.98 Å². The van der Waals surface area contributed by atoms with Crippen molar-refractivity contribution >= 4 is 33.0 Å². The topological polar surface area (TPSA) is 36.4 Å². The van der Waals surface area contributed by atoms with Gasteiger partial charge in [0, 0.05) is 37.4 Å². The van der Waals surface area contributed by atoms with E-state index in [0.717, 1.165) is 43.8 Å². The van der Waals surface area contributed by atoms with Crippen LogP contribution in [-0.2, 0) is 6.54 Å². The molecule has 0 unspecified atom stereocenters. The van der Waals surface area contributed by atoms with E-state index < -0.39 is 0 Å². The molecule has 0 amide bonds. The van der Waals surface area contributed by atoms with E-state index in [1.165, 1.54) is 15.4 Å². The Morgan fingerprint density at radius 2 is 1.76 bits per heavy atom. The number of Topliss-reactive ketones (excluding diaryl/α,β-unsaturated/α-hetero) is 1. The van der Waals surface area contributed by atoms with Crippen molar-refractivity contribution in [2.45, 2.75) is 13.5 Å². The fourth-order valence-corrected chi connectivity index (χ4v) is 4.26. The van der Waals surface area contributed by atoms with E-state index in [9.17, 15) is 4.79 Å². The van der Waals surface area contributed by atoms with Gasteiger partial charge < -0.3 is 4.90 Å². The average molecular weight is 351 g/mol. The van der Waals surface area contributed by atoms with E-state index in [0.29, 0.717) is 0 Å². The van der Waals surface area contributed by atoms with Gasteiger partial charge in [-0.05, 0) is 43.3 Å². The average Bonchev–Trinajstić information content (AvgIpc) is 3.05. The summed E-state index contributed by atoms with van der Waals surface area (Å²) in [4.78, 5) is 21.0. The maximum Gasteiger partial charge on any atom is 0.159 e. The highest BCUT2D eigenvalue weighted by molar-refractivity contribution is 7.18. The normalized spacial score (nSPS) is 15.6. The number of para-hydroxylation sites is 1. The summed E-state index contributed by atoms with van der Waals surface area (Å²) in [7, 11) is 0. The fraction of sp³-hybridized carbons (Fsp3) is 0.300. The highest BCUT2D eigenvalue weighted by Gasteiger charge is 2.18. The van der Waals surface area contributed by atoms with Crippen LogP contribution in [0.25, 0.3) is 10.2 Å². The number of fused-ring (bicyclic) bond motifs is 1. The molecule has 1 saturated heterocycles. The van der Waals surface area contributed by atoms with Gasteiger partial charge in [-0.2, -0.15) is 0 Å². The predicted molar refractivity (Wildman–Crippen MR) is 104 cm³/mol. The number of aromatic nitrogens is 1. The van der Waals surface area contributed by atoms with Crippen molar-refractivity contribution in [1.82, 2.24) is 9.88 Å². The van der Waals surface area contributed by atoms with E-state index in [1.807, 2.05) is 18.2 Å². The first kappa shape index (κ1) is 16.2. The van der Waals surface area contributed by atoms with Gasteiger partial charge in [-0.1, -0.05) is 12.1 Å². The van der Waals surface area contributed by atoms with Crippen LogP contribution in [0.4, 0.5) is 5.69 Å². The van der Waals surface area contributed by atoms with Gasteiger partial charge in [0.15, 0.2) is 5.78 Å². The Balaban J connectivity index is 1.37. The second-order valence-corrected chi connectivity index (χ2v) is 7.56. The lowest BCUT2D eigenvalue weighted by Gasteiger charge is -2.35. The SMILES string of the molecule is CC(=O)c1ccc(N2CCN(Cc3nc4ccccc4s3)CC2)cc1. The van der Waals surface area contributed by atoms with Crippen LogP contribution in [0.2, 0.25) is 0 Å². The summed E-state index contributed by atoms with van der Waals surface area (Å²) in [6, 6.07) is 16.3. The van der Waals surface area contributed by atoms with E-state index in [-0.39, 0.29) is 5.78 Å². The zero-order valence-corrected chi connectivity index (χ0v) is 15.1. The van der Waals surface area contributed by atoms with Gasteiger partial charge in [0.25, 0.3) is 0 Å². The zero-order chi connectivity index (χ0) is 17.2. The predicted octanol–water partition coefficient (Wildman–Crippen LogP) is 3.82. The molecule has 3 aromatic rings. The third kappa shape index (κ3) is 3.57. The Morgan fingerprint density at radius 3 is 2.44 bits per heavy atom. The third-order valence-corrected chi connectivity index (χ3v) is 5.73. The highest BCUT2D eigenvalue weighted by atomic mass is 32.1. The van der Waals surface area contributed by atoms with Crippen LogP contribution in [0.3, 0.4) is 0 Å². The molecule has 1 aliphatic heterocycles. The number of rotatable bonds is 4. The molecule has 128 valence electrons. The summed E-state index contributed by atoms with van der Waals surface area (Å²) >= 11 is 1.79. The number of benzene rings is 2. The molecule has 1 aromatic heterocycles. The lowest BCUT2D eigenvalue weighted by atomic mass is 10.1. The van der Waals surface area contributed by atoms with Crippen molar-refractivity contribution in [3.63, 3.8) is 0 Å². The lowest BCUT2D eigenvalue weighted by Crippen LogP contribution is -2.45. The molecule has 1 fully saturated rings. The summed E-state index contributed by atoms with van der Waals surface area (Å²) in [6.07, 6.45) is 0. The van der Waals surface area contributed by atoms with Crippen molar-refractivity contribution in [1.29, 1.82) is 0 Å². The van der Waals surface area contributed by atoms with Gasteiger partial charge in [-0.3, -0.25) is 9.69 Å². The molecule has 0 atom stereocenters. The molecule has 4 nitrogen and oxygen atoms in total. The number of hydrogen-bond donors (Lipinski definition) is 0. The molecule has 0 radical (unpaired) electrons. The Hall–Kier alpha value is -2.24. The lowest BCUT2D eigenvalue weighted by molar-refractivity contribution is 0.101. The molecule has 2 aromatic carbocycles. The number of hydrogen-bond acceptors (Lipinski definition) is 5. The molecule has 0 aliphatic carbocycles. The molecule has 5 heteroatoms. The number of thiazole rings is 1. The summed E-state index contributed by atoms with van der Waals surface area (Å²) in [6.45, 7) is 6.61. The zero-order valence-electron chi connectivity index (χ0n) is 14.3. The number of piperazine rings is 1. The van der Waals surface area contributed by atoms with Gasteiger partial charge in [-0.15, -0.1) is 11.3 Å². The molecular weight excluding hydrogens is 330 g/mol. The summed E-state index contributed by atoms with van der Waals surface area (Å²) in [5.41, 5.74) is 3.08. The molecule has 0 bridgehead atoms. The molecule has 0 saturated carbocycles. The first-order valence-corrected chi connectivity index (χ1v) is 9.43. The monoisotopic (exact) mass is 351 g/mol. The van der Waals surface area contributed by atoms with Gasteiger partial charge in [-0.25, -0.2) is 4.98 Å². The minimum Gasteiger partial charge on any atom is -0.369 e. The van der Waals surface area contributed by atoms with Crippen LogP contribution in [0.1, 0.15) is 22.3 Å². The number of carbonyl (C=O) groups is 1. The van der Waals surface area contributed by atoms with Crippen molar-refractivity contribution in [2.75, 3.05) is 31.1 Å². The molecule has 0 N–H and O–H groups in total. The van der Waals surface area contributed by atoms with Crippen LogP contribution < -0.4 is 4.90 Å². The van der Waals surface area contributed by atoms with Crippen LogP contribution in [-0.4, -0.2) is 41.8 Å². The van der Waals surface area contributed by atoms with Gasteiger partial charge in [0.05, 0.1) is 16.8 Å². The Bertz CT molecular complexity index is 846. The van der Waals surface area contributed by atoms with Crippen LogP contribution in [0.15, 0.2) is 48.5 Å².